The van der Waals surface area contributed by atoms with Gasteiger partial charge in [-0.2, -0.15) is 0 Å². The van der Waals surface area contributed by atoms with E-state index in [4.69, 9.17) is 21.1 Å². The molecule has 2 rings (SSSR count). The average Bonchev–Trinajstić information content (AvgIpc) is 2.62. The molecule has 0 bridgehead atoms. The Bertz CT molecular complexity index is 776. The summed E-state index contributed by atoms with van der Waals surface area (Å²) in [6.45, 7) is 0. The summed E-state index contributed by atoms with van der Waals surface area (Å²) in [5, 5.41) is 2.86. The number of amides is 1. The Labute approximate surface area is 144 Å². The van der Waals surface area contributed by atoms with Crippen LogP contribution < -0.4 is 14.8 Å². The molecule has 0 fully saturated rings. The van der Waals surface area contributed by atoms with E-state index in [0.29, 0.717) is 17.0 Å². The molecule has 0 aliphatic heterocycles. The average molecular weight is 350 g/mol. The summed E-state index contributed by atoms with van der Waals surface area (Å²) >= 11 is 6.16. The van der Waals surface area contributed by atoms with Crippen LogP contribution in [0, 0.1) is 0 Å². The third-order valence-corrected chi connectivity index (χ3v) is 3.61. The molecule has 0 radical (unpaired) electrons. The number of carbonyl (C=O) groups excluding carboxylic acids is 2. The fourth-order valence-corrected chi connectivity index (χ4v) is 2.32. The predicted octanol–water partition coefficient (Wildman–Crippen LogP) is 3.40. The summed E-state index contributed by atoms with van der Waals surface area (Å²) in [5.41, 5.74) is 0.824. The van der Waals surface area contributed by atoms with E-state index in [1.807, 2.05) is 0 Å². The summed E-state index contributed by atoms with van der Waals surface area (Å²) in [5.74, 6) is -0.315. The van der Waals surface area contributed by atoms with E-state index in [0.717, 1.165) is 0 Å². The first-order valence-electron chi connectivity index (χ1n) is 6.92. The standard InChI is InChI=1S/C17H16ClNO5/c1-22-14-7-5-4-6-10(14)16(20)19-13-9-15(23-2)11(8-12(13)18)17(21)24-3/h4-9H,1-3H3,(H,19,20). The highest BCUT2D eigenvalue weighted by Crippen LogP contribution is 2.32. The van der Waals surface area contributed by atoms with Gasteiger partial charge in [0.05, 0.1) is 37.6 Å². The second kappa shape index (κ2) is 7.70. The maximum Gasteiger partial charge on any atom is 0.341 e. The van der Waals surface area contributed by atoms with Crippen LogP contribution in [0.5, 0.6) is 11.5 Å². The van der Waals surface area contributed by atoms with E-state index < -0.39 is 11.9 Å². The number of methoxy groups -OCH3 is 3. The number of anilines is 1. The third-order valence-electron chi connectivity index (χ3n) is 3.29. The van der Waals surface area contributed by atoms with Gasteiger partial charge in [-0.1, -0.05) is 23.7 Å². The molecule has 126 valence electrons. The number of benzene rings is 2. The third kappa shape index (κ3) is 3.60. The van der Waals surface area contributed by atoms with Crippen molar-refractivity contribution < 1.29 is 23.8 Å². The molecule has 0 aliphatic carbocycles. The zero-order valence-corrected chi connectivity index (χ0v) is 14.1. The van der Waals surface area contributed by atoms with Gasteiger partial charge in [0.2, 0.25) is 0 Å². The lowest BCUT2D eigenvalue weighted by Gasteiger charge is -2.13. The molecule has 0 heterocycles. The van der Waals surface area contributed by atoms with Crippen molar-refractivity contribution in [1.29, 1.82) is 0 Å². The Morgan fingerprint density at radius 1 is 0.958 bits per heavy atom. The van der Waals surface area contributed by atoms with Crippen LogP contribution in [0.3, 0.4) is 0 Å². The smallest absolute Gasteiger partial charge is 0.341 e. The topological polar surface area (TPSA) is 73.9 Å². The Hall–Kier alpha value is -2.73. The van der Waals surface area contributed by atoms with Crippen LogP contribution in [0.4, 0.5) is 5.69 Å². The molecule has 0 saturated carbocycles. The van der Waals surface area contributed by atoms with Crippen LogP contribution in [0.2, 0.25) is 5.02 Å². The summed E-state index contributed by atoms with van der Waals surface area (Å²) in [4.78, 5) is 24.2. The lowest BCUT2D eigenvalue weighted by atomic mass is 10.1. The van der Waals surface area contributed by atoms with Crippen molar-refractivity contribution in [2.75, 3.05) is 26.6 Å². The first kappa shape index (κ1) is 17.6. The van der Waals surface area contributed by atoms with Gasteiger partial charge < -0.3 is 19.5 Å². The van der Waals surface area contributed by atoms with Crippen molar-refractivity contribution in [3.8, 4) is 11.5 Å². The van der Waals surface area contributed by atoms with E-state index in [1.165, 1.54) is 33.5 Å². The number of hydrogen-bond acceptors (Lipinski definition) is 5. The summed E-state index contributed by atoms with van der Waals surface area (Å²) in [6.07, 6.45) is 0. The Morgan fingerprint density at radius 3 is 2.25 bits per heavy atom. The van der Waals surface area contributed by atoms with Crippen LogP contribution in [-0.4, -0.2) is 33.2 Å². The van der Waals surface area contributed by atoms with Gasteiger partial charge in [0, 0.05) is 6.07 Å². The number of carbonyl (C=O) groups is 2. The van der Waals surface area contributed by atoms with E-state index in [-0.39, 0.29) is 16.3 Å². The fraction of sp³-hybridized carbons (Fsp3) is 0.176. The molecule has 24 heavy (non-hydrogen) atoms. The van der Waals surface area contributed by atoms with Gasteiger partial charge in [0.1, 0.15) is 17.1 Å². The van der Waals surface area contributed by atoms with Crippen LogP contribution >= 0.6 is 11.6 Å². The van der Waals surface area contributed by atoms with Gasteiger partial charge in [-0.3, -0.25) is 4.79 Å². The van der Waals surface area contributed by atoms with Gasteiger partial charge in [-0.25, -0.2) is 4.79 Å². The van der Waals surface area contributed by atoms with Crippen molar-refractivity contribution in [2.45, 2.75) is 0 Å². The summed E-state index contributed by atoms with van der Waals surface area (Å²) in [6, 6.07) is 9.63. The minimum atomic E-state index is -0.587. The Kier molecular flexibility index (Phi) is 5.65. The molecule has 0 unspecified atom stereocenters. The predicted molar refractivity (Wildman–Crippen MR) is 90.3 cm³/mol. The highest BCUT2D eigenvalue weighted by molar-refractivity contribution is 6.34. The number of esters is 1. The lowest BCUT2D eigenvalue weighted by Crippen LogP contribution is -2.14. The summed E-state index contributed by atoms with van der Waals surface area (Å²) in [7, 11) is 4.14. The van der Waals surface area contributed by atoms with Gasteiger partial charge in [-0.05, 0) is 18.2 Å². The second-order valence-electron chi connectivity index (χ2n) is 4.68. The van der Waals surface area contributed by atoms with E-state index in [9.17, 15) is 9.59 Å². The lowest BCUT2D eigenvalue weighted by molar-refractivity contribution is 0.0597. The molecule has 6 nitrogen and oxygen atoms in total. The first-order chi connectivity index (χ1) is 11.5. The van der Waals surface area contributed by atoms with E-state index in [2.05, 4.69) is 10.1 Å². The first-order valence-corrected chi connectivity index (χ1v) is 7.29. The molecule has 1 N–H and O–H groups in total. The zero-order chi connectivity index (χ0) is 17.7. The Balaban J connectivity index is 2.36. The van der Waals surface area contributed by atoms with Crippen molar-refractivity contribution in [3.63, 3.8) is 0 Å². The van der Waals surface area contributed by atoms with Crippen LogP contribution in [0.1, 0.15) is 20.7 Å². The number of ether oxygens (including phenoxy) is 3. The molecule has 0 atom stereocenters. The van der Waals surface area contributed by atoms with Crippen LogP contribution in [0.15, 0.2) is 36.4 Å². The van der Waals surface area contributed by atoms with Crippen molar-refractivity contribution in [2.24, 2.45) is 0 Å². The van der Waals surface area contributed by atoms with Gasteiger partial charge in [-0.15, -0.1) is 0 Å². The van der Waals surface area contributed by atoms with Crippen LogP contribution in [-0.2, 0) is 4.74 Å². The number of para-hydroxylation sites is 1. The molecular formula is C17H16ClNO5. The SMILES string of the molecule is COC(=O)c1cc(Cl)c(NC(=O)c2ccccc2OC)cc1OC. The van der Waals surface area contributed by atoms with Crippen molar-refractivity contribution in [1.82, 2.24) is 0 Å². The van der Waals surface area contributed by atoms with E-state index in [1.54, 1.807) is 24.3 Å². The van der Waals surface area contributed by atoms with E-state index >= 15 is 0 Å². The minimum absolute atomic E-state index is 0.167. The molecule has 0 aliphatic rings. The number of rotatable bonds is 5. The highest BCUT2D eigenvalue weighted by atomic mass is 35.5. The molecule has 0 spiro atoms. The normalized spacial score (nSPS) is 10.0. The van der Waals surface area contributed by atoms with Crippen molar-refractivity contribution >= 4 is 29.2 Å². The molecule has 2 aromatic rings. The van der Waals surface area contributed by atoms with Crippen LogP contribution in [0.25, 0.3) is 0 Å². The molecule has 7 heteroatoms. The maximum atomic E-state index is 12.4. The summed E-state index contributed by atoms with van der Waals surface area (Å²) < 4.78 is 15.0. The zero-order valence-electron chi connectivity index (χ0n) is 13.4. The maximum absolute atomic E-state index is 12.4. The molecular weight excluding hydrogens is 334 g/mol. The number of nitrogens with one attached hydrogen (secondary N) is 1. The Morgan fingerprint density at radius 2 is 1.62 bits per heavy atom. The van der Waals surface area contributed by atoms with Gasteiger partial charge >= 0.3 is 5.97 Å². The highest BCUT2D eigenvalue weighted by Gasteiger charge is 2.19. The quantitative estimate of drug-likeness (QED) is 0.837. The molecule has 0 aromatic heterocycles. The van der Waals surface area contributed by atoms with Gasteiger partial charge in [0.25, 0.3) is 5.91 Å². The van der Waals surface area contributed by atoms with Crippen molar-refractivity contribution in [3.05, 3.63) is 52.5 Å². The second-order valence-corrected chi connectivity index (χ2v) is 5.09. The largest absolute Gasteiger partial charge is 0.496 e. The number of halogens is 1. The fourth-order valence-electron chi connectivity index (χ4n) is 2.11. The monoisotopic (exact) mass is 349 g/mol. The molecule has 2 aromatic carbocycles. The molecule has 1 amide bonds. The van der Waals surface area contributed by atoms with Gasteiger partial charge in [0.15, 0.2) is 0 Å². The number of hydrogen-bond donors (Lipinski definition) is 1. The molecule has 0 saturated heterocycles. The minimum Gasteiger partial charge on any atom is -0.496 e.